The van der Waals surface area contributed by atoms with Crippen molar-refractivity contribution in [2.75, 3.05) is 12.3 Å². The fraction of sp³-hybridized carbons (Fsp3) is 0.632. The van der Waals surface area contributed by atoms with Crippen LogP contribution in [0.5, 0.6) is 0 Å². The molecule has 0 saturated carbocycles. The lowest BCUT2D eigenvalue weighted by molar-refractivity contribution is 0.0498. The molecule has 0 saturated heterocycles. The average molecular weight is 374 g/mol. The van der Waals surface area contributed by atoms with Crippen molar-refractivity contribution < 1.29 is 9.53 Å². The summed E-state index contributed by atoms with van der Waals surface area (Å²) in [6.45, 7) is 2.65. The van der Waals surface area contributed by atoms with Gasteiger partial charge < -0.3 is 10.5 Å². The van der Waals surface area contributed by atoms with E-state index in [1.165, 1.54) is 63.5 Å². The molecule has 0 aliphatic carbocycles. The summed E-state index contributed by atoms with van der Waals surface area (Å²) in [7, 11) is 0. The van der Waals surface area contributed by atoms with Gasteiger partial charge in [-0.3, -0.25) is 0 Å². The first-order chi connectivity index (χ1) is 11.6. The molecule has 0 radical (unpaired) electrons. The average Bonchev–Trinajstić information content (AvgIpc) is 2.55. The van der Waals surface area contributed by atoms with Crippen LogP contribution in [-0.4, -0.2) is 12.6 Å². The Kier molecular flexibility index (Phi) is 10.9. The van der Waals surface area contributed by atoms with Gasteiger partial charge in [-0.25, -0.2) is 4.79 Å². The van der Waals surface area contributed by atoms with Crippen molar-refractivity contribution in [3.05, 3.63) is 27.7 Å². The molecular weight excluding hydrogens is 345 g/mol. The summed E-state index contributed by atoms with van der Waals surface area (Å²) in [5, 5.41) is 0.605. The summed E-state index contributed by atoms with van der Waals surface area (Å²) in [4.78, 5) is 12.0. The van der Waals surface area contributed by atoms with E-state index in [0.29, 0.717) is 17.3 Å². The number of nitrogen functional groups attached to an aromatic ring is 1. The monoisotopic (exact) mass is 373 g/mol. The van der Waals surface area contributed by atoms with Crippen molar-refractivity contribution in [3.8, 4) is 0 Å². The van der Waals surface area contributed by atoms with E-state index < -0.39 is 5.97 Å². The zero-order chi connectivity index (χ0) is 17.8. The van der Waals surface area contributed by atoms with Gasteiger partial charge >= 0.3 is 5.97 Å². The second-order valence-corrected chi connectivity index (χ2v) is 6.99. The van der Waals surface area contributed by atoms with E-state index in [4.69, 9.17) is 33.7 Å². The predicted octanol–water partition coefficient (Wildman–Crippen LogP) is 6.65. The molecule has 0 bridgehead atoms. The minimum atomic E-state index is -0.445. The number of rotatable bonds is 12. The number of anilines is 1. The zero-order valence-corrected chi connectivity index (χ0v) is 16.1. The van der Waals surface area contributed by atoms with Crippen LogP contribution in [0.15, 0.2) is 12.1 Å². The minimum Gasteiger partial charge on any atom is -0.462 e. The van der Waals surface area contributed by atoms with Gasteiger partial charge in [0.15, 0.2) is 0 Å². The standard InChI is InChI=1S/C19H29Cl2NO2/c1-2-3-4-5-6-7-8-9-10-11-12-24-19(23)15-13-18(22)17(21)14-16(15)20/h13-14H,2-12,22H2,1H3. The van der Waals surface area contributed by atoms with Gasteiger partial charge in [-0.05, 0) is 18.6 Å². The van der Waals surface area contributed by atoms with Gasteiger partial charge in [0, 0.05) is 0 Å². The quantitative estimate of drug-likeness (QED) is 0.253. The molecule has 0 heterocycles. The number of unbranched alkanes of at least 4 members (excludes halogenated alkanes) is 9. The third-order valence-electron chi connectivity index (χ3n) is 4.04. The topological polar surface area (TPSA) is 52.3 Å². The number of hydrogen-bond acceptors (Lipinski definition) is 3. The molecule has 3 nitrogen and oxygen atoms in total. The van der Waals surface area contributed by atoms with E-state index in [2.05, 4.69) is 6.92 Å². The normalized spacial score (nSPS) is 10.8. The van der Waals surface area contributed by atoms with Crippen LogP contribution in [-0.2, 0) is 4.74 Å². The van der Waals surface area contributed by atoms with Crippen molar-refractivity contribution in [3.63, 3.8) is 0 Å². The Morgan fingerprint density at radius 3 is 2.04 bits per heavy atom. The first-order valence-corrected chi connectivity index (χ1v) is 9.73. The van der Waals surface area contributed by atoms with Crippen molar-refractivity contribution in [2.45, 2.75) is 71.1 Å². The number of hydrogen-bond donors (Lipinski definition) is 1. The summed E-state index contributed by atoms with van der Waals surface area (Å²) in [6.07, 6.45) is 12.4. The SMILES string of the molecule is CCCCCCCCCCCCOC(=O)c1cc(N)c(Cl)cc1Cl. The maximum Gasteiger partial charge on any atom is 0.339 e. The predicted molar refractivity (Wildman–Crippen MR) is 103 cm³/mol. The summed E-state index contributed by atoms with van der Waals surface area (Å²) < 4.78 is 5.25. The Morgan fingerprint density at radius 1 is 0.917 bits per heavy atom. The molecular formula is C19H29Cl2NO2. The van der Waals surface area contributed by atoms with Crippen LogP contribution >= 0.6 is 23.2 Å². The maximum atomic E-state index is 12.0. The van der Waals surface area contributed by atoms with Crippen LogP contribution in [0.2, 0.25) is 10.0 Å². The number of carbonyl (C=O) groups is 1. The van der Waals surface area contributed by atoms with Gasteiger partial charge in [-0.1, -0.05) is 87.9 Å². The maximum absolute atomic E-state index is 12.0. The van der Waals surface area contributed by atoms with Gasteiger partial charge in [-0.15, -0.1) is 0 Å². The summed E-state index contributed by atoms with van der Waals surface area (Å²) >= 11 is 11.8. The van der Waals surface area contributed by atoms with Gasteiger partial charge in [0.1, 0.15) is 0 Å². The largest absolute Gasteiger partial charge is 0.462 e. The summed E-state index contributed by atoms with van der Waals surface area (Å²) in [5.74, 6) is -0.445. The number of esters is 1. The van der Waals surface area contributed by atoms with Crippen molar-refractivity contribution in [1.29, 1.82) is 0 Å². The highest BCUT2D eigenvalue weighted by Crippen LogP contribution is 2.27. The number of ether oxygens (including phenoxy) is 1. The van der Waals surface area contributed by atoms with Gasteiger partial charge in [0.2, 0.25) is 0 Å². The van der Waals surface area contributed by atoms with Crippen LogP contribution in [0.3, 0.4) is 0 Å². The van der Waals surface area contributed by atoms with Crippen LogP contribution in [0.25, 0.3) is 0 Å². The first-order valence-electron chi connectivity index (χ1n) is 8.98. The molecule has 0 aliphatic heterocycles. The second-order valence-electron chi connectivity index (χ2n) is 6.17. The van der Waals surface area contributed by atoms with E-state index in [-0.39, 0.29) is 10.6 Å². The number of carbonyl (C=O) groups excluding carboxylic acids is 1. The third kappa shape index (κ3) is 8.25. The van der Waals surface area contributed by atoms with E-state index in [0.717, 1.165) is 12.8 Å². The molecule has 0 fully saturated rings. The molecule has 136 valence electrons. The number of nitrogens with two attached hydrogens (primary N) is 1. The molecule has 1 aromatic rings. The summed E-state index contributed by atoms with van der Waals surface area (Å²) in [6, 6.07) is 2.93. The molecule has 1 rings (SSSR count). The van der Waals surface area contributed by atoms with Crippen molar-refractivity contribution in [2.24, 2.45) is 0 Å². The fourth-order valence-corrected chi connectivity index (χ4v) is 3.01. The smallest absolute Gasteiger partial charge is 0.339 e. The van der Waals surface area contributed by atoms with Crippen LogP contribution in [0, 0.1) is 0 Å². The molecule has 1 aromatic carbocycles. The van der Waals surface area contributed by atoms with Gasteiger partial charge in [0.05, 0.1) is 27.9 Å². The highest BCUT2D eigenvalue weighted by atomic mass is 35.5. The number of halogens is 2. The second kappa shape index (κ2) is 12.4. The summed E-state index contributed by atoms with van der Waals surface area (Å²) in [5.41, 5.74) is 6.29. The van der Waals surface area contributed by atoms with Gasteiger partial charge in [-0.2, -0.15) is 0 Å². The Hall–Kier alpha value is -0.930. The van der Waals surface area contributed by atoms with Crippen molar-refractivity contribution >= 4 is 34.9 Å². The molecule has 0 atom stereocenters. The molecule has 0 unspecified atom stereocenters. The van der Waals surface area contributed by atoms with Crippen LogP contribution < -0.4 is 5.73 Å². The Bertz CT molecular complexity index is 506. The van der Waals surface area contributed by atoms with E-state index >= 15 is 0 Å². The molecule has 5 heteroatoms. The molecule has 2 N–H and O–H groups in total. The minimum absolute atomic E-state index is 0.266. The Balaban J connectivity index is 2.09. The van der Waals surface area contributed by atoms with Crippen LogP contribution in [0.4, 0.5) is 5.69 Å². The molecule has 0 aromatic heterocycles. The lowest BCUT2D eigenvalue weighted by Crippen LogP contribution is -2.08. The van der Waals surface area contributed by atoms with Crippen molar-refractivity contribution in [1.82, 2.24) is 0 Å². The Labute approximate surface area is 155 Å². The lowest BCUT2D eigenvalue weighted by atomic mass is 10.1. The number of benzene rings is 1. The lowest BCUT2D eigenvalue weighted by Gasteiger charge is -2.08. The molecule has 0 spiro atoms. The first kappa shape index (κ1) is 21.1. The molecule has 24 heavy (non-hydrogen) atoms. The Morgan fingerprint density at radius 2 is 1.46 bits per heavy atom. The van der Waals surface area contributed by atoms with E-state index in [1.807, 2.05) is 0 Å². The molecule has 0 amide bonds. The van der Waals surface area contributed by atoms with E-state index in [9.17, 15) is 4.79 Å². The zero-order valence-electron chi connectivity index (χ0n) is 14.6. The molecule has 0 aliphatic rings. The fourth-order valence-electron chi connectivity index (χ4n) is 2.55. The highest BCUT2D eigenvalue weighted by Gasteiger charge is 2.14. The third-order valence-corrected chi connectivity index (χ3v) is 4.68. The van der Waals surface area contributed by atoms with Crippen LogP contribution in [0.1, 0.15) is 81.5 Å². The van der Waals surface area contributed by atoms with E-state index in [1.54, 1.807) is 0 Å². The van der Waals surface area contributed by atoms with Gasteiger partial charge in [0.25, 0.3) is 0 Å². The highest BCUT2D eigenvalue weighted by molar-refractivity contribution is 6.38.